The van der Waals surface area contributed by atoms with E-state index in [1.807, 2.05) is 10.7 Å². The van der Waals surface area contributed by atoms with E-state index in [1.54, 1.807) is 12.4 Å². The molecule has 3 heterocycles. The number of nitrogens with zero attached hydrogens (tertiary/aromatic N) is 5. The average molecular weight is 271 g/mol. The molecule has 0 atom stereocenters. The van der Waals surface area contributed by atoms with Gasteiger partial charge >= 0.3 is 0 Å². The van der Waals surface area contributed by atoms with Gasteiger partial charge in [0.25, 0.3) is 0 Å². The van der Waals surface area contributed by atoms with E-state index in [0.29, 0.717) is 5.95 Å². The van der Waals surface area contributed by atoms with Crippen LogP contribution in [0.2, 0.25) is 0 Å². The molecule has 0 aliphatic heterocycles. The van der Waals surface area contributed by atoms with Crippen molar-refractivity contribution in [3.8, 4) is 11.4 Å². The maximum Gasteiger partial charge on any atom is 0.225 e. The van der Waals surface area contributed by atoms with Crippen molar-refractivity contribution in [1.29, 1.82) is 0 Å². The summed E-state index contributed by atoms with van der Waals surface area (Å²) in [5.74, 6) is 0.613. The lowest BCUT2D eigenvalue weighted by Crippen LogP contribution is -2.07. The molecule has 0 bridgehead atoms. The molecule has 0 unspecified atom stereocenters. The quantitative estimate of drug-likeness (QED) is 0.742. The Labute approximate surface area is 116 Å². The van der Waals surface area contributed by atoms with Crippen molar-refractivity contribution in [1.82, 2.24) is 29.9 Å². The summed E-state index contributed by atoms with van der Waals surface area (Å²) in [5, 5.41) is 15.4. The van der Waals surface area contributed by atoms with E-state index in [9.17, 15) is 0 Å². The van der Waals surface area contributed by atoms with Crippen LogP contribution in [-0.2, 0) is 6.54 Å². The third-order valence-electron chi connectivity index (χ3n) is 3.10. The SMILES string of the molecule is CCCNc1nc(-c2ccnn2CC)c2cn[nH]c2n1. The Morgan fingerprint density at radius 3 is 3.00 bits per heavy atom. The normalized spacial score (nSPS) is 11.1. The Hall–Kier alpha value is -2.44. The first-order valence-electron chi connectivity index (χ1n) is 6.80. The van der Waals surface area contributed by atoms with Crippen molar-refractivity contribution in [2.24, 2.45) is 0 Å². The Morgan fingerprint density at radius 1 is 1.30 bits per heavy atom. The van der Waals surface area contributed by atoms with Crippen LogP contribution >= 0.6 is 0 Å². The van der Waals surface area contributed by atoms with Crippen LogP contribution in [0, 0.1) is 0 Å². The minimum Gasteiger partial charge on any atom is -0.354 e. The Morgan fingerprint density at radius 2 is 2.20 bits per heavy atom. The van der Waals surface area contributed by atoms with Crippen LogP contribution in [0.25, 0.3) is 22.4 Å². The molecule has 0 aliphatic carbocycles. The van der Waals surface area contributed by atoms with Gasteiger partial charge in [-0.05, 0) is 19.4 Å². The molecule has 7 heteroatoms. The van der Waals surface area contributed by atoms with Crippen molar-refractivity contribution in [2.45, 2.75) is 26.8 Å². The van der Waals surface area contributed by atoms with Crippen molar-refractivity contribution < 1.29 is 0 Å². The third kappa shape index (κ3) is 2.11. The van der Waals surface area contributed by atoms with Crippen molar-refractivity contribution in [2.75, 3.05) is 11.9 Å². The fraction of sp³-hybridized carbons (Fsp3) is 0.385. The van der Waals surface area contributed by atoms with Gasteiger partial charge in [0.05, 0.1) is 17.3 Å². The number of aryl methyl sites for hydroxylation is 1. The zero-order chi connectivity index (χ0) is 13.9. The highest BCUT2D eigenvalue weighted by Crippen LogP contribution is 2.25. The number of H-pyrrole nitrogens is 1. The van der Waals surface area contributed by atoms with Gasteiger partial charge in [0, 0.05) is 19.3 Å². The molecule has 0 fully saturated rings. The summed E-state index contributed by atoms with van der Waals surface area (Å²) in [6.07, 6.45) is 4.56. The first kappa shape index (κ1) is 12.6. The first-order chi connectivity index (χ1) is 9.83. The number of hydrogen-bond acceptors (Lipinski definition) is 5. The molecule has 3 aromatic rings. The molecular weight excluding hydrogens is 254 g/mol. The fourth-order valence-electron chi connectivity index (χ4n) is 2.13. The summed E-state index contributed by atoms with van der Waals surface area (Å²) in [7, 11) is 0. The smallest absolute Gasteiger partial charge is 0.225 e. The molecule has 0 aliphatic rings. The highest BCUT2D eigenvalue weighted by atomic mass is 15.3. The van der Waals surface area contributed by atoms with Crippen molar-refractivity contribution in [3.63, 3.8) is 0 Å². The number of aromatic nitrogens is 6. The van der Waals surface area contributed by atoms with Gasteiger partial charge in [0.2, 0.25) is 5.95 Å². The first-order valence-corrected chi connectivity index (χ1v) is 6.80. The summed E-state index contributed by atoms with van der Waals surface area (Å²) in [6, 6.07) is 1.96. The lowest BCUT2D eigenvalue weighted by atomic mass is 10.2. The molecule has 7 nitrogen and oxygen atoms in total. The molecule has 0 radical (unpaired) electrons. The number of fused-ring (bicyclic) bond motifs is 1. The lowest BCUT2D eigenvalue weighted by Gasteiger charge is -2.08. The summed E-state index contributed by atoms with van der Waals surface area (Å²) >= 11 is 0. The Balaban J connectivity index is 2.14. The Kier molecular flexibility index (Phi) is 3.32. The predicted octanol–water partition coefficient (Wildman–Crippen LogP) is 2.06. The molecule has 0 saturated carbocycles. The van der Waals surface area contributed by atoms with Crippen molar-refractivity contribution >= 4 is 17.0 Å². The van der Waals surface area contributed by atoms with E-state index in [1.165, 1.54) is 0 Å². The van der Waals surface area contributed by atoms with Gasteiger partial charge in [-0.25, -0.2) is 4.98 Å². The molecule has 0 amide bonds. The molecule has 3 aromatic heterocycles. The zero-order valence-electron chi connectivity index (χ0n) is 11.6. The van der Waals surface area contributed by atoms with Crippen LogP contribution in [0.1, 0.15) is 20.3 Å². The molecule has 2 N–H and O–H groups in total. The summed E-state index contributed by atoms with van der Waals surface area (Å²) in [4.78, 5) is 9.05. The molecule has 3 rings (SSSR count). The number of aromatic amines is 1. The fourth-order valence-corrected chi connectivity index (χ4v) is 2.13. The topological polar surface area (TPSA) is 84.3 Å². The van der Waals surface area contributed by atoms with Crippen LogP contribution in [0.3, 0.4) is 0 Å². The van der Waals surface area contributed by atoms with E-state index in [4.69, 9.17) is 0 Å². The van der Waals surface area contributed by atoms with Gasteiger partial charge in [-0.2, -0.15) is 15.2 Å². The van der Waals surface area contributed by atoms with E-state index < -0.39 is 0 Å². The molecular formula is C13H17N7. The van der Waals surface area contributed by atoms with E-state index in [0.717, 1.165) is 41.9 Å². The van der Waals surface area contributed by atoms with Crippen LogP contribution in [-0.4, -0.2) is 36.5 Å². The largest absolute Gasteiger partial charge is 0.354 e. The molecule has 104 valence electrons. The van der Waals surface area contributed by atoms with Gasteiger partial charge in [-0.1, -0.05) is 6.92 Å². The molecule has 0 aromatic carbocycles. The minimum atomic E-state index is 0.613. The predicted molar refractivity (Wildman–Crippen MR) is 77.4 cm³/mol. The highest BCUT2D eigenvalue weighted by Gasteiger charge is 2.14. The number of anilines is 1. The highest BCUT2D eigenvalue weighted by molar-refractivity contribution is 5.89. The lowest BCUT2D eigenvalue weighted by molar-refractivity contribution is 0.666. The van der Waals surface area contributed by atoms with Crippen LogP contribution in [0.5, 0.6) is 0 Å². The molecule has 0 spiro atoms. The van der Waals surface area contributed by atoms with Gasteiger partial charge < -0.3 is 5.32 Å². The second-order valence-electron chi connectivity index (χ2n) is 4.49. The number of hydrogen-bond donors (Lipinski definition) is 2. The standard InChI is InChI=1S/C13H17N7/c1-3-6-14-13-17-11(9-8-15-19-12(9)18-13)10-5-7-16-20(10)4-2/h5,7-8H,3-4,6H2,1-2H3,(H2,14,15,17,18,19). The zero-order valence-corrected chi connectivity index (χ0v) is 11.6. The van der Waals surface area contributed by atoms with Gasteiger partial charge in [-0.15, -0.1) is 0 Å². The van der Waals surface area contributed by atoms with E-state index in [2.05, 4.69) is 44.4 Å². The summed E-state index contributed by atoms with van der Waals surface area (Å²) in [5.41, 5.74) is 2.56. The second-order valence-corrected chi connectivity index (χ2v) is 4.49. The molecule has 0 saturated heterocycles. The van der Waals surface area contributed by atoms with Crippen LogP contribution < -0.4 is 5.32 Å². The number of nitrogens with one attached hydrogen (secondary N) is 2. The Bertz CT molecular complexity index is 712. The van der Waals surface area contributed by atoms with Gasteiger partial charge in [-0.3, -0.25) is 9.78 Å². The van der Waals surface area contributed by atoms with E-state index >= 15 is 0 Å². The third-order valence-corrected chi connectivity index (χ3v) is 3.10. The summed E-state index contributed by atoms with van der Waals surface area (Å²) in [6.45, 7) is 5.80. The van der Waals surface area contributed by atoms with Crippen molar-refractivity contribution in [3.05, 3.63) is 18.5 Å². The van der Waals surface area contributed by atoms with Gasteiger partial charge in [0.1, 0.15) is 5.69 Å². The van der Waals surface area contributed by atoms with Crippen LogP contribution in [0.15, 0.2) is 18.5 Å². The minimum absolute atomic E-state index is 0.613. The average Bonchev–Trinajstić information content (AvgIpc) is 3.12. The number of rotatable bonds is 5. The summed E-state index contributed by atoms with van der Waals surface area (Å²) < 4.78 is 1.92. The maximum atomic E-state index is 4.62. The van der Waals surface area contributed by atoms with E-state index in [-0.39, 0.29) is 0 Å². The monoisotopic (exact) mass is 271 g/mol. The van der Waals surface area contributed by atoms with Crippen LogP contribution in [0.4, 0.5) is 5.95 Å². The molecule has 20 heavy (non-hydrogen) atoms. The van der Waals surface area contributed by atoms with Gasteiger partial charge in [0.15, 0.2) is 5.65 Å². The maximum absolute atomic E-state index is 4.62. The second kappa shape index (κ2) is 5.28.